The first kappa shape index (κ1) is 14.9. The maximum Gasteiger partial charge on any atom is 0.129 e. The van der Waals surface area contributed by atoms with Gasteiger partial charge in [-0.2, -0.15) is 0 Å². The molecule has 5 heteroatoms. The number of hydrogen-bond acceptors (Lipinski definition) is 5. The fourth-order valence-corrected chi connectivity index (χ4v) is 2.77. The zero-order valence-corrected chi connectivity index (χ0v) is 13.4. The highest BCUT2D eigenvalue weighted by Crippen LogP contribution is 2.25. The Kier molecular flexibility index (Phi) is 4.70. The molecule has 0 fully saturated rings. The second kappa shape index (κ2) is 6.31. The highest BCUT2D eigenvalue weighted by atomic mass is 32.1. The Morgan fingerprint density at radius 1 is 1.25 bits per heavy atom. The van der Waals surface area contributed by atoms with E-state index < -0.39 is 0 Å². The highest BCUT2D eigenvalue weighted by molar-refractivity contribution is 7.09. The minimum Gasteiger partial charge on any atom is -0.370 e. The van der Waals surface area contributed by atoms with Crippen molar-refractivity contribution in [3.8, 4) is 0 Å². The predicted octanol–water partition coefficient (Wildman–Crippen LogP) is 3.64. The summed E-state index contributed by atoms with van der Waals surface area (Å²) in [6.07, 6.45) is 3.47. The molecule has 0 aliphatic rings. The van der Waals surface area contributed by atoms with Gasteiger partial charge in [0.1, 0.15) is 12.1 Å². The number of hydrogen-bond donors (Lipinski definition) is 1. The van der Waals surface area contributed by atoms with Crippen LogP contribution in [-0.4, -0.2) is 21.5 Å². The van der Waals surface area contributed by atoms with E-state index in [0.29, 0.717) is 0 Å². The van der Waals surface area contributed by atoms with Gasteiger partial charge in [0.25, 0.3) is 0 Å². The topological polar surface area (TPSA) is 50.7 Å². The quantitative estimate of drug-likeness (QED) is 0.913. The molecule has 0 radical (unpaired) electrons. The Bertz CT molecular complexity index is 557. The number of anilines is 1. The molecule has 108 valence electrons. The summed E-state index contributed by atoms with van der Waals surface area (Å²) in [6.45, 7) is 9.62. The summed E-state index contributed by atoms with van der Waals surface area (Å²) < 4.78 is 0. The summed E-state index contributed by atoms with van der Waals surface area (Å²) >= 11 is 1.70. The van der Waals surface area contributed by atoms with Crippen LogP contribution >= 0.6 is 11.3 Å². The van der Waals surface area contributed by atoms with Gasteiger partial charge in [-0.15, -0.1) is 11.3 Å². The lowest BCUT2D eigenvalue weighted by Crippen LogP contribution is -2.11. The molecule has 0 saturated carbocycles. The molecule has 1 N–H and O–H groups in total. The van der Waals surface area contributed by atoms with E-state index in [1.807, 2.05) is 6.07 Å². The van der Waals surface area contributed by atoms with Crippen LogP contribution in [-0.2, 0) is 11.8 Å². The van der Waals surface area contributed by atoms with Crippen molar-refractivity contribution in [2.24, 2.45) is 0 Å². The van der Waals surface area contributed by atoms with E-state index in [9.17, 15) is 0 Å². The minimum absolute atomic E-state index is 0.105. The van der Waals surface area contributed by atoms with E-state index in [2.05, 4.69) is 48.4 Å². The van der Waals surface area contributed by atoms with Crippen molar-refractivity contribution in [1.82, 2.24) is 15.0 Å². The molecule has 4 nitrogen and oxygen atoms in total. The van der Waals surface area contributed by atoms with Gasteiger partial charge in [0.05, 0.1) is 16.4 Å². The molecule has 0 atom stereocenters. The van der Waals surface area contributed by atoms with Crippen LogP contribution in [0.4, 0.5) is 5.82 Å². The van der Waals surface area contributed by atoms with Crippen molar-refractivity contribution in [3.63, 3.8) is 0 Å². The Hall–Kier alpha value is -1.49. The Morgan fingerprint density at radius 2 is 2.05 bits per heavy atom. The smallest absolute Gasteiger partial charge is 0.129 e. The minimum atomic E-state index is 0.105. The van der Waals surface area contributed by atoms with Gasteiger partial charge in [0.2, 0.25) is 0 Å². The lowest BCUT2D eigenvalue weighted by molar-refractivity contribution is 0.571. The van der Waals surface area contributed by atoms with Crippen LogP contribution in [0.25, 0.3) is 0 Å². The summed E-state index contributed by atoms with van der Waals surface area (Å²) in [6, 6.07) is 2.01. The standard InChI is InChI=1S/C15H22N4S/c1-5-6-16-13-7-11(17-10-18-13)8-14-19-12(9-20-14)15(2,3)4/h7,9-10H,5-6,8H2,1-4H3,(H,16,17,18). The third kappa shape index (κ3) is 4.00. The van der Waals surface area contributed by atoms with Gasteiger partial charge in [0, 0.05) is 29.8 Å². The zero-order valence-electron chi connectivity index (χ0n) is 12.6. The van der Waals surface area contributed by atoms with Crippen LogP contribution in [0, 0.1) is 0 Å². The zero-order chi connectivity index (χ0) is 14.6. The third-order valence-corrected chi connectivity index (χ3v) is 3.78. The summed E-state index contributed by atoms with van der Waals surface area (Å²) in [7, 11) is 0. The van der Waals surface area contributed by atoms with Crippen LogP contribution in [0.3, 0.4) is 0 Å². The molecule has 2 aromatic rings. The number of rotatable bonds is 5. The van der Waals surface area contributed by atoms with Gasteiger partial charge in [0.15, 0.2) is 0 Å². The van der Waals surface area contributed by atoms with E-state index in [4.69, 9.17) is 4.98 Å². The normalized spacial score (nSPS) is 11.6. The van der Waals surface area contributed by atoms with Gasteiger partial charge in [-0.1, -0.05) is 27.7 Å². The number of aromatic nitrogens is 3. The summed E-state index contributed by atoms with van der Waals surface area (Å²) in [5.41, 5.74) is 2.26. The first-order valence-electron chi connectivity index (χ1n) is 6.98. The average molecular weight is 290 g/mol. The van der Waals surface area contributed by atoms with Gasteiger partial charge < -0.3 is 5.32 Å². The fourth-order valence-electron chi connectivity index (χ4n) is 1.74. The van der Waals surface area contributed by atoms with Crippen LogP contribution in [0.1, 0.15) is 50.5 Å². The van der Waals surface area contributed by atoms with Gasteiger partial charge in [-0.3, -0.25) is 0 Å². The second-order valence-electron chi connectivity index (χ2n) is 5.87. The highest BCUT2D eigenvalue weighted by Gasteiger charge is 2.17. The van der Waals surface area contributed by atoms with Crippen LogP contribution in [0.15, 0.2) is 17.8 Å². The van der Waals surface area contributed by atoms with E-state index in [1.54, 1.807) is 17.7 Å². The maximum absolute atomic E-state index is 4.71. The predicted molar refractivity (Wildman–Crippen MR) is 84.4 cm³/mol. The lowest BCUT2D eigenvalue weighted by Gasteiger charge is -2.14. The molecule has 0 aliphatic carbocycles. The number of nitrogens with one attached hydrogen (secondary N) is 1. The van der Waals surface area contributed by atoms with E-state index >= 15 is 0 Å². The molecule has 0 unspecified atom stereocenters. The first-order chi connectivity index (χ1) is 9.49. The molecule has 0 spiro atoms. The number of nitrogens with zero attached hydrogens (tertiary/aromatic N) is 3. The van der Waals surface area contributed by atoms with Crippen molar-refractivity contribution in [1.29, 1.82) is 0 Å². The number of thiazole rings is 1. The molecule has 0 amide bonds. The van der Waals surface area contributed by atoms with E-state index in [0.717, 1.165) is 41.6 Å². The van der Waals surface area contributed by atoms with E-state index in [-0.39, 0.29) is 5.41 Å². The molecular formula is C15H22N4S. The van der Waals surface area contributed by atoms with Crippen molar-refractivity contribution >= 4 is 17.2 Å². The SMILES string of the molecule is CCCNc1cc(Cc2nc(C(C)(C)C)cs2)ncn1. The molecule has 2 heterocycles. The average Bonchev–Trinajstić information content (AvgIpc) is 2.85. The van der Waals surface area contributed by atoms with Crippen LogP contribution < -0.4 is 5.32 Å². The molecule has 2 aromatic heterocycles. The molecule has 0 saturated heterocycles. The molecule has 2 rings (SSSR count). The third-order valence-electron chi connectivity index (χ3n) is 2.93. The molecule has 0 aromatic carbocycles. The fraction of sp³-hybridized carbons (Fsp3) is 0.533. The Labute approximate surface area is 124 Å². The molecule has 0 aliphatic heterocycles. The maximum atomic E-state index is 4.71. The lowest BCUT2D eigenvalue weighted by atomic mass is 9.93. The summed E-state index contributed by atoms with van der Waals surface area (Å²) in [5.74, 6) is 0.893. The molecule has 0 bridgehead atoms. The van der Waals surface area contributed by atoms with Crippen molar-refractivity contribution in [3.05, 3.63) is 34.2 Å². The van der Waals surface area contributed by atoms with Gasteiger partial charge in [-0.25, -0.2) is 15.0 Å². The first-order valence-corrected chi connectivity index (χ1v) is 7.86. The summed E-state index contributed by atoms with van der Waals surface area (Å²) in [5, 5.41) is 6.53. The van der Waals surface area contributed by atoms with Crippen LogP contribution in [0.2, 0.25) is 0 Å². The molecular weight excluding hydrogens is 268 g/mol. The second-order valence-corrected chi connectivity index (χ2v) is 6.82. The van der Waals surface area contributed by atoms with Crippen molar-refractivity contribution in [2.45, 2.75) is 46.0 Å². The van der Waals surface area contributed by atoms with Crippen LogP contribution in [0.5, 0.6) is 0 Å². The molecule has 20 heavy (non-hydrogen) atoms. The van der Waals surface area contributed by atoms with Crippen molar-refractivity contribution in [2.75, 3.05) is 11.9 Å². The van der Waals surface area contributed by atoms with E-state index in [1.165, 1.54) is 0 Å². The van der Waals surface area contributed by atoms with Crippen molar-refractivity contribution < 1.29 is 0 Å². The van der Waals surface area contributed by atoms with Gasteiger partial charge >= 0.3 is 0 Å². The largest absolute Gasteiger partial charge is 0.370 e. The van der Waals surface area contributed by atoms with Gasteiger partial charge in [-0.05, 0) is 6.42 Å². The Morgan fingerprint density at radius 3 is 2.70 bits per heavy atom. The monoisotopic (exact) mass is 290 g/mol. The summed E-state index contributed by atoms with van der Waals surface area (Å²) in [4.78, 5) is 13.3. The Balaban J connectivity index is 2.08.